The summed E-state index contributed by atoms with van der Waals surface area (Å²) in [5.74, 6) is 1.95. The number of nitrogens with zero attached hydrogens (tertiary/aromatic N) is 4. The zero-order valence-electron chi connectivity index (χ0n) is 12.2. The molecule has 0 saturated carbocycles. The van der Waals surface area contributed by atoms with Gasteiger partial charge in [-0.2, -0.15) is 5.10 Å². The molecule has 0 amide bonds. The van der Waals surface area contributed by atoms with Crippen molar-refractivity contribution >= 4 is 27.4 Å². The molecule has 3 aromatic rings. The number of rotatable bonds is 2. The molecule has 1 fully saturated rings. The van der Waals surface area contributed by atoms with E-state index >= 15 is 0 Å². The van der Waals surface area contributed by atoms with Gasteiger partial charge < -0.3 is 4.90 Å². The van der Waals surface area contributed by atoms with Crippen LogP contribution in [-0.2, 0) is 0 Å². The van der Waals surface area contributed by atoms with Crippen LogP contribution in [0.1, 0.15) is 30.1 Å². The second-order valence-electron chi connectivity index (χ2n) is 5.64. The molecule has 8 heteroatoms. The number of fused-ring (bicyclic) bond motifs is 1. The SMILES string of the molecule is Cc1csc2ncnc(N3CCC[C@H](c4n[nH]c(=O)[nH]4)C3)c12. The maximum atomic E-state index is 11.3. The van der Waals surface area contributed by atoms with Gasteiger partial charge in [0.2, 0.25) is 0 Å². The third-order valence-electron chi connectivity index (χ3n) is 4.16. The van der Waals surface area contributed by atoms with Crippen LogP contribution < -0.4 is 10.6 Å². The van der Waals surface area contributed by atoms with E-state index in [1.807, 2.05) is 0 Å². The smallest absolute Gasteiger partial charge is 0.340 e. The molecule has 0 spiro atoms. The summed E-state index contributed by atoms with van der Waals surface area (Å²) in [5, 5.41) is 9.80. The number of aromatic nitrogens is 5. The summed E-state index contributed by atoms with van der Waals surface area (Å²) in [5.41, 5.74) is 0.969. The van der Waals surface area contributed by atoms with Gasteiger partial charge in [0.1, 0.15) is 22.8 Å². The second-order valence-corrected chi connectivity index (χ2v) is 6.50. The van der Waals surface area contributed by atoms with Crippen molar-refractivity contribution < 1.29 is 0 Å². The van der Waals surface area contributed by atoms with Gasteiger partial charge in [-0.15, -0.1) is 11.3 Å². The molecule has 0 radical (unpaired) electrons. The quantitative estimate of drug-likeness (QED) is 0.752. The number of H-pyrrole nitrogens is 2. The topological polar surface area (TPSA) is 90.6 Å². The average Bonchev–Trinajstić information content (AvgIpc) is 3.14. The largest absolute Gasteiger partial charge is 0.355 e. The van der Waals surface area contributed by atoms with Crippen molar-refractivity contribution in [3.8, 4) is 0 Å². The summed E-state index contributed by atoms with van der Waals surface area (Å²) < 4.78 is 0. The minimum absolute atomic E-state index is 0.219. The van der Waals surface area contributed by atoms with E-state index in [0.717, 1.165) is 47.8 Å². The lowest BCUT2D eigenvalue weighted by atomic mass is 9.97. The molecule has 0 aliphatic carbocycles. The highest BCUT2D eigenvalue weighted by atomic mass is 32.1. The van der Waals surface area contributed by atoms with Gasteiger partial charge in [-0.3, -0.25) is 4.98 Å². The number of nitrogens with one attached hydrogen (secondary N) is 2. The van der Waals surface area contributed by atoms with E-state index in [0.29, 0.717) is 0 Å². The molecule has 0 unspecified atom stereocenters. The Balaban J connectivity index is 1.69. The van der Waals surface area contributed by atoms with Crippen molar-refractivity contribution in [2.24, 2.45) is 0 Å². The third-order valence-corrected chi connectivity index (χ3v) is 5.17. The van der Waals surface area contributed by atoms with Crippen molar-refractivity contribution in [1.82, 2.24) is 25.1 Å². The molecule has 22 heavy (non-hydrogen) atoms. The van der Waals surface area contributed by atoms with Crippen LogP contribution in [0, 0.1) is 6.92 Å². The number of piperidine rings is 1. The Hall–Kier alpha value is -2.22. The van der Waals surface area contributed by atoms with Crippen molar-refractivity contribution in [3.63, 3.8) is 0 Å². The van der Waals surface area contributed by atoms with E-state index in [4.69, 9.17) is 0 Å². The number of hydrogen-bond donors (Lipinski definition) is 2. The standard InChI is InChI=1S/C14H16N6OS/c1-8-6-22-13-10(8)12(15-7-16-13)20-4-2-3-9(5-20)11-17-14(21)19-18-11/h6-7,9H,2-5H2,1H3,(H2,17,18,19,21)/t9-/m0/s1. The predicted octanol–water partition coefficient (Wildman–Crippen LogP) is 1.80. The highest BCUT2D eigenvalue weighted by Gasteiger charge is 2.26. The predicted molar refractivity (Wildman–Crippen MR) is 85.5 cm³/mol. The van der Waals surface area contributed by atoms with Crippen LogP contribution in [0.5, 0.6) is 0 Å². The Kier molecular flexibility index (Phi) is 3.18. The normalized spacial score (nSPS) is 19.0. The molecule has 0 aromatic carbocycles. The van der Waals surface area contributed by atoms with Crippen molar-refractivity contribution in [3.05, 3.63) is 33.6 Å². The van der Waals surface area contributed by atoms with Crippen LogP contribution in [-0.4, -0.2) is 38.2 Å². The molecule has 4 rings (SSSR count). The van der Waals surface area contributed by atoms with Crippen LogP contribution in [0.25, 0.3) is 10.2 Å². The maximum absolute atomic E-state index is 11.3. The van der Waals surface area contributed by atoms with E-state index < -0.39 is 0 Å². The molecule has 4 heterocycles. The molecule has 7 nitrogen and oxygen atoms in total. The summed E-state index contributed by atoms with van der Waals surface area (Å²) in [7, 11) is 0. The molecule has 1 atom stereocenters. The van der Waals surface area contributed by atoms with Gasteiger partial charge in [0.15, 0.2) is 0 Å². The first-order chi connectivity index (χ1) is 10.7. The first kappa shape index (κ1) is 13.4. The van der Waals surface area contributed by atoms with Gasteiger partial charge in [0.05, 0.1) is 5.39 Å². The van der Waals surface area contributed by atoms with E-state index in [2.05, 4.69) is 42.4 Å². The Morgan fingerprint density at radius 2 is 2.32 bits per heavy atom. The van der Waals surface area contributed by atoms with Gasteiger partial charge in [0.25, 0.3) is 0 Å². The lowest BCUT2D eigenvalue weighted by Crippen LogP contribution is -2.35. The highest BCUT2D eigenvalue weighted by Crippen LogP contribution is 2.34. The third kappa shape index (κ3) is 2.19. The summed E-state index contributed by atoms with van der Waals surface area (Å²) in [4.78, 5) is 26.2. The first-order valence-corrected chi connectivity index (χ1v) is 8.18. The first-order valence-electron chi connectivity index (χ1n) is 7.30. The van der Waals surface area contributed by atoms with Crippen LogP contribution in [0.2, 0.25) is 0 Å². The number of anilines is 1. The monoisotopic (exact) mass is 316 g/mol. The van der Waals surface area contributed by atoms with E-state index in [1.165, 1.54) is 5.56 Å². The van der Waals surface area contributed by atoms with Crippen LogP contribution in [0.4, 0.5) is 5.82 Å². The Labute approximate surface area is 130 Å². The molecule has 3 aromatic heterocycles. The summed E-state index contributed by atoms with van der Waals surface area (Å²) >= 11 is 1.65. The number of aryl methyl sites for hydroxylation is 1. The fraction of sp³-hybridized carbons (Fsp3) is 0.429. The zero-order valence-corrected chi connectivity index (χ0v) is 13.0. The van der Waals surface area contributed by atoms with Gasteiger partial charge in [0, 0.05) is 19.0 Å². The molecule has 0 bridgehead atoms. The van der Waals surface area contributed by atoms with Crippen LogP contribution in [0.3, 0.4) is 0 Å². The number of thiophene rings is 1. The van der Waals surface area contributed by atoms with Crippen molar-refractivity contribution in [2.75, 3.05) is 18.0 Å². The van der Waals surface area contributed by atoms with E-state index in [1.54, 1.807) is 17.7 Å². The zero-order chi connectivity index (χ0) is 15.1. The van der Waals surface area contributed by atoms with Gasteiger partial charge in [-0.25, -0.2) is 19.9 Å². The molecule has 2 N–H and O–H groups in total. The summed E-state index contributed by atoms with van der Waals surface area (Å²) in [6.45, 7) is 3.87. The van der Waals surface area contributed by atoms with Crippen LogP contribution >= 0.6 is 11.3 Å². The van der Waals surface area contributed by atoms with Crippen LogP contribution in [0.15, 0.2) is 16.5 Å². The molecule has 1 aliphatic heterocycles. The van der Waals surface area contributed by atoms with Crippen molar-refractivity contribution in [1.29, 1.82) is 0 Å². The molecule has 114 valence electrons. The van der Waals surface area contributed by atoms with E-state index in [-0.39, 0.29) is 11.6 Å². The highest BCUT2D eigenvalue weighted by molar-refractivity contribution is 7.17. The molecule has 1 saturated heterocycles. The van der Waals surface area contributed by atoms with Gasteiger partial charge >= 0.3 is 5.69 Å². The lowest BCUT2D eigenvalue weighted by molar-refractivity contribution is 0.490. The minimum Gasteiger partial charge on any atom is -0.355 e. The van der Waals surface area contributed by atoms with E-state index in [9.17, 15) is 4.79 Å². The minimum atomic E-state index is -0.245. The molecule has 1 aliphatic rings. The number of hydrogen-bond acceptors (Lipinski definition) is 6. The summed E-state index contributed by atoms with van der Waals surface area (Å²) in [6.07, 6.45) is 3.70. The Bertz CT molecular complexity index is 865. The average molecular weight is 316 g/mol. The molecular formula is C14H16N6OS. The Morgan fingerprint density at radius 1 is 1.41 bits per heavy atom. The second kappa shape index (κ2) is 5.20. The maximum Gasteiger partial charge on any atom is 0.340 e. The number of aromatic amines is 2. The fourth-order valence-electron chi connectivity index (χ4n) is 3.11. The summed E-state index contributed by atoms with van der Waals surface area (Å²) in [6, 6.07) is 0. The van der Waals surface area contributed by atoms with Crippen molar-refractivity contribution in [2.45, 2.75) is 25.7 Å². The van der Waals surface area contributed by atoms with Gasteiger partial charge in [-0.05, 0) is 30.7 Å². The van der Waals surface area contributed by atoms with Gasteiger partial charge in [-0.1, -0.05) is 0 Å². The lowest BCUT2D eigenvalue weighted by Gasteiger charge is -2.32. The fourth-order valence-corrected chi connectivity index (χ4v) is 3.99. The molecular weight excluding hydrogens is 300 g/mol. The Morgan fingerprint density at radius 3 is 3.14 bits per heavy atom.